The lowest BCUT2D eigenvalue weighted by molar-refractivity contribution is 0.768. The zero-order chi connectivity index (χ0) is 49.8. The predicted molar refractivity (Wildman–Crippen MR) is 312 cm³/mol. The molecular weight excluding hydrogens is 903 g/mol. The summed E-state index contributed by atoms with van der Waals surface area (Å²) in [5.74, 6) is 0. The van der Waals surface area contributed by atoms with Crippen LogP contribution in [0.1, 0.15) is 44.5 Å². The Kier molecular flexibility index (Phi) is 10.7. The van der Waals surface area contributed by atoms with E-state index in [1.54, 1.807) is 0 Å². The van der Waals surface area contributed by atoms with Crippen LogP contribution in [-0.2, 0) is 10.8 Å². The number of nitrogens with zero attached hydrogens (tertiary/aromatic N) is 1. The van der Waals surface area contributed by atoms with Crippen LogP contribution in [0.4, 0.5) is 17.1 Å². The highest BCUT2D eigenvalue weighted by molar-refractivity contribution is 5.98. The van der Waals surface area contributed by atoms with Crippen LogP contribution in [0.25, 0.3) is 55.6 Å². The second-order valence-corrected chi connectivity index (χ2v) is 19.9. The lowest BCUT2D eigenvalue weighted by Gasteiger charge is -2.34. The molecule has 0 aromatic heterocycles. The topological polar surface area (TPSA) is 3.24 Å². The normalized spacial score (nSPS) is 13.3. The first-order valence-electron chi connectivity index (χ1n) is 26.1. The molecule has 0 aliphatic heterocycles. The standard InChI is InChI=1S/C74H51N/c1-6-24-53(25-7-1)62-36-16-17-37-63(62)55-26-22-35-61(50-55)75(71-43-23-42-69-72(71)66-39-19-21-41-68(66)73(69,56-27-8-2-9-28-56)57-29-10-3-11-30-57)60-47-44-52(45-48-60)54-46-49-65-64-38-18-20-40-67(64)74(70(65)51-54,58-31-12-4-13-32-58)59-33-14-5-15-34-59/h1-51H. The average molecular weight is 954 g/mol. The molecule has 1 nitrogen and oxygen atoms in total. The molecule has 0 fully saturated rings. The van der Waals surface area contributed by atoms with E-state index < -0.39 is 10.8 Å². The molecule has 12 aromatic carbocycles. The largest absolute Gasteiger partial charge is 0.310 e. The minimum atomic E-state index is -0.543. The molecule has 0 saturated carbocycles. The molecular formula is C74H51N. The molecule has 0 bridgehead atoms. The van der Waals surface area contributed by atoms with Crippen molar-refractivity contribution in [2.75, 3.05) is 4.90 Å². The van der Waals surface area contributed by atoms with Crippen molar-refractivity contribution in [1.82, 2.24) is 0 Å². The number of anilines is 3. The molecule has 0 heterocycles. The van der Waals surface area contributed by atoms with Crippen molar-refractivity contribution >= 4 is 17.1 Å². The molecule has 352 valence electrons. The summed E-state index contributed by atoms with van der Waals surface area (Å²) >= 11 is 0. The van der Waals surface area contributed by atoms with Crippen LogP contribution in [-0.4, -0.2) is 0 Å². The Morgan fingerprint density at radius 3 is 1.21 bits per heavy atom. The number of fused-ring (bicyclic) bond motifs is 6. The molecule has 0 amide bonds. The molecule has 1 heteroatoms. The van der Waals surface area contributed by atoms with Gasteiger partial charge in [0.05, 0.1) is 16.5 Å². The van der Waals surface area contributed by atoms with E-state index in [1.807, 2.05) is 0 Å². The summed E-state index contributed by atoms with van der Waals surface area (Å²) in [6, 6.07) is 114. The Hall–Kier alpha value is -9.56. The van der Waals surface area contributed by atoms with Gasteiger partial charge in [-0.1, -0.05) is 273 Å². The molecule has 0 spiro atoms. The van der Waals surface area contributed by atoms with Crippen LogP contribution in [0, 0.1) is 0 Å². The molecule has 12 aromatic rings. The van der Waals surface area contributed by atoms with Gasteiger partial charge in [-0.3, -0.25) is 0 Å². The van der Waals surface area contributed by atoms with E-state index in [4.69, 9.17) is 0 Å². The predicted octanol–water partition coefficient (Wildman–Crippen LogP) is 18.9. The van der Waals surface area contributed by atoms with Gasteiger partial charge in [-0.05, 0) is 131 Å². The second-order valence-electron chi connectivity index (χ2n) is 19.9. The third-order valence-electron chi connectivity index (χ3n) is 16.0. The number of hydrogen-bond donors (Lipinski definition) is 0. The minimum Gasteiger partial charge on any atom is -0.310 e. The highest BCUT2D eigenvalue weighted by atomic mass is 15.1. The molecule has 14 rings (SSSR count). The number of hydrogen-bond acceptors (Lipinski definition) is 1. The lowest BCUT2D eigenvalue weighted by atomic mass is 9.67. The number of rotatable bonds is 10. The first-order chi connectivity index (χ1) is 37.2. The first kappa shape index (κ1) is 44.2. The first-order valence-corrected chi connectivity index (χ1v) is 26.1. The summed E-state index contributed by atoms with van der Waals surface area (Å²) in [5.41, 5.74) is 24.6. The Labute approximate surface area is 440 Å². The quantitative estimate of drug-likeness (QED) is 0.132. The Balaban J connectivity index is 0.969. The fourth-order valence-electron chi connectivity index (χ4n) is 12.9. The van der Waals surface area contributed by atoms with E-state index >= 15 is 0 Å². The minimum absolute atomic E-state index is 0.482. The van der Waals surface area contributed by atoms with Gasteiger partial charge < -0.3 is 4.90 Å². The summed E-state index contributed by atoms with van der Waals surface area (Å²) in [4.78, 5) is 2.50. The van der Waals surface area contributed by atoms with Gasteiger partial charge in [-0.15, -0.1) is 0 Å². The molecule has 75 heavy (non-hydrogen) atoms. The monoisotopic (exact) mass is 953 g/mol. The van der Waals surface area contributed by atoms with Gasteiger partial charge in [0.25, 0.3) is 0 Å². The smallest absolute Gasteiger partial charge is 0.0714 e. The van der Waals surface area contributed by atoms with E-state index in [1.165, 1.54) is 89.0 Å². The van der Waals surface area contributed by atoms with E-state index in [2.05, 4.69) is 314 Å². The Bertz CT molecular complexity index is 3950. The van der Waals surface area contributed by atoms with E-state index in [0.29, 0.717) is 0 Å². The maximum atomic E-state index is 2.50. The Morgan fingerprint density at radius 2 is 0.627 bits per heavy atom. The SMILES string of the molecule is c1ccc(-c2ccccc2-c2cccc(N(c3ccc(-c4ccc5c(c4)C(c4ccccc4)(c4ccccc4)c4ccccc4-5)cc3)c3cccc4c3-c3ccccc3C4(c3ccccc3)c3ccccc3)c2)cc1. The van der Waals surface area contributed by atoms with Gasteiger partial charge in [-0.25, -0.2) is 0 Å². The lowest BCUT2D eigenvalue weighted by Crippen LogP contribution is -2.28. The van der Waals surface area contributed by atoms with Crippen molar-refractivity contribution in [2.24, 2.45) is 0 Å². The van der Waals surface area contributed by atoms with E-state index in [9.17, 15) is 0 Å². The van der Waals surface area contributed by atoms with Gasteiger partial charge in [0.2, 0.25) is 0 Å². The summed E-state index contributed by atoms with van der Waals surface area (Å²) in [5, 5.41) is 0. The van der Waals surface area contributed by atoms with Gasteiger partial charge in [0.15, 0.2) is 0 Å². The van der Waals surface area contributed by atoms with Gasteiger partial charge in [0.1, 0.15) is 0 Å². The van der Waals surface area contributed by atoms with E-state index in [0.717, 1.165) is 28.2 Å². The van der Waals surface area contributed by atoms with Crippen LogP contribution < -0.4 is 4.90 Å². The maximum absolute atomic E-state index is 2.50. The molecule has 0 radical (unpaired) electrons. The molecule has 2 aliphatic rings. The molecule has 2 aliphatic carbocycles. The third-order valence-corrected chi connectivity index (χ3v) is 16.0. The fraction of sp³-hybridized carbons (Fsp3) is 0.0270. The molecule has 0 N–H and O–H groups in total. The van der Waals surface area contributed by atoms with Crippen LogP contribution >= 0.6 is 0 Å². The fourth-order valence-corrected chi connectivity index (χ4v) is 12.9. The zero-order valence-electron chi connectivity index (χ0n) is 41.4. The molecule has 0 atom stereocenters. The summed E-state index contributed by atoms with van der Waals surface area (Å²) < 4.78 is 0. The summed E-state index contributed by atoms with van der Waals surface area (Å²) in [6.45, 7) is 0. The van der Waals surface area contributed by atoms with Crippen molar-refractivity contribution in [3.8, 4) is 55.6 Å². The Morgan fingerprint density at radius 1 is 0.213 bits per heavy atom. The summed E-state index contributed by atoms with van der Waals surface area (Å²) in [7, 11) is 0. The van der Waals surface area contributed by atoms with Crippen molar-refractivity contribution in [3.05, 3.63) is 354 Å². The average Bonchev–Trinajstić information content (AvgIpc) is 3.99. The van der Waals surface area contributed by atoms with Crippen molar-refractivity contribution in [2.45, 2.75) is 10.8 Å². The maximum Gasteiger partial charge on any atom is 0.0714 e. The van der Waals surface area contributed by atoms with Crippen LogP contribution in [0.5, 0.6) is 0 Å². The van der Waals surface area contributed by atoms with Crippen LogP contribution in [0.3, 0.4) is 0 Å². The van der Waals surface area contributed by atoms with Crippen molar-refractivity contribution in [1.29, 1.82) is 0 Å². The third kappa shape index (κ3) is 6.93. The van der Waals surface area contributed by atoms with Crippen molar-refractivity contribution < 1.29 is 0 Å². The van der Waals surface area contributed by atoms with Crippen molar-refractivity contribution in [3.63, 3.8) is 0 Å². The van der Waals surface area contributed by atoms with E-state index in [-0.39, 0.29) is 0 Å². The van der Waals surface area contributed by atoms with Gasteiger partial charge >= 0.3 is 0 Å². The second kappa shape index (κ2) is 18.2. The van der Waals surface area contributed by atoms with Crippen LogP contribution in [0.15, 0.2) is 309 Å². The number of benzene rings is 12. The van der Waals surface area contributed by atoms with Gasteiger partial charge in [-0.2, -0.15) is 0 Å². The molecule has 0 saturated heterocycles. The highest BCUT2D eigenvalue weighted by Gasteiger charge is 2.48. The van der Waals surface area contributed by atoms with Crippen LogP contribution in [0.2, 0.25) is 0 Å². The highest BCUT2D eigenvalue weighted by Crippen LogP contribution is 2.60. The van der Waals surface area contributed by atoms with Gasteiger partial charge in [0, 0.05) is 16.9 Å². The molecule has 0 unspecified atom stereocenters. The zero-order valence-corrected chi connectivity index (χ0v) is 41.4. The summed E-state index contributed by atoms with van der Waals surface area (Å²) in [6.07, 6.45) is 0.